The van der Waals surface area contributed by atoms with Gasteiger partial charge in [0.25, 0.3) is 0 Å². The summed E-state index contributed by atoms with van der Waals surface area (Å²) in [6.45, 7) is 5.79. The van der Waals surface area contributed by atoms with E-state index in [4.69, 9.17) is 10.5 Å². The molecular weight excluding hydrogens is 228 g/mol. The number of hydrogen-bond acceptors (Lipinski definition) is 3. The highest BCUT2D eigenvalue weighted by Crippen LogP contribution is 2.18. The maximum absolute atomic E-state index is 11.9. The van der Waals surface area contributed by atoms with Gasteiger partial charge in [-0.05, 0) is 30.5 Å². The number of hydrogen-bond donors (Lipinski definition) is 2. The molecule has 1 aromatic carbocycles. The largest absolute Gasteiger partial charge is 0.497 e. The van der Waals surface area contributed by atoms with Crippen LogP contribution in [0.2, 0.25) is 0 Å². The number of amides is 1. The third-order valence-corrected chi connectivity index (χ3v) is 2.97. The zero-order valence-corrected chi connectivity index (χ0v) is 11.4. The normalized spacial score (nSPS) is 14.1. The van der Waals surface area contributed by atoms with Crippen LogP contribution in [0, 0.1) is 5.92 Å². The average molecular weight is 250 g/mol. The lowest BCUT2D eigenvalue weighted by Gasteiger charge is -2.20. The molecule has 4 heteroatoms. The molecule has 2 atom stereocenters. The van der Waals surface area contributed by atoms with Crippen LogP contribution < -0.4 is 15.8 Å². The van der Waals surface area contributed by atoms with E-state index in [1.807, 2.05) is 45.0 Å². The third kappa shape index (κ3) is 3.74. The van der Waals surface area contributed by atoms with Crippen molar-refractivity contribution in [3.8, 4) is 5.75 Å². The molecule has 1 amide bonds. The maximum atomic E-state index is 11.9. The number of ether oxygens (including phenoxy) is 1. The van der Waals surface area contributed by atoms with Crippen molar-refractivity contribution in [2.24, 2.45) is 11.7 Å². The lowest BCUT2D eigenvalue weighted by atomic mass is 10.0. The van der Waals surface area contributed by atoms with E-state index in [1.165, 1.54) is 0 Å². The zero-order chi connectivity index (χ0) is 13.7. The van der Waals surface area contributed by atoms with Crippen molar-refractivity contribution < 1.29 is 9.53 Å². The summed E-state index contributed by atoms with van der Waals surface area (Å²) in [4.78, 5) is 11.9. The molecule has 0 spiro atoms. The first-order chi connectivity index (χ1) is 8.45. The second-order valence-corrected chi connectivity index (χ2v) is 4.78. The summed E-state index contributed by atoms with van der Waals surface area (Å²) in [5, 5.41) is 2.91. The number of nitrogens with two attached hydrogens (primary N) is 1. The van der Waals surface area contributed by atoms with Gasteiger partial charge in [-0.15, -0.1) is 0 Å². The molecule has 0 saturated heterocycles. The summed E-state index contributed by atoms with van der Waals surface area (Å²) < 4.78 is 5.16. The van der Waals surface area contributed by atoms with Crippen LogP contribution in [0.1, 0.15) is 32.4 Å². The van der Waals surface area contributed by atoms with Crippen LogP contribution in [-0.4, -0.2) is 19.1 Å². The van der Waals surface area contributed by atoms with Gasteiger partial charge in [-0.3, -0.25) is 4.79 Å². The second kappa shape index (κ2) is 6.40. The molecule has 100 valence electrons. The standard InChI is InChI=1S/C14H22N2O2/c1-9(2)13(15)14(17)16-10(3)11-6-5-7-12(8-11)18-4/h5-10,13H,15H2,1-4H3,(H,16,17)/t10-,13-/m0/s1. The first kappa shape index (κ1) is 14.5. The molecule has 0 radical (unpaired) electrons. The molecule has 0 aliphatic heterocycles. The van der Waals surface area contributed by atoms with Crippen molar-refractivity contribution in [1.82, 2.24) is 5.32 Å². The predicted molar refractivity (Wildman–Crippen MR) is 72.4 cm³/mol. The molecule has 3 N–H and O–H groups in total. The smallest absolute Gasteiger partial charge is 0.237 e. The van der Waals surface area contributed by atoms with E-state index in [1.54, 1.807) is 7.11 Å². The van der Waals surface area contributed by atoms with E-state index < -0.39 is 6.04 Å². The van der Waals surface area contributed by atoms with Crippen molar-refractivity contribution in [3.63, 3.8) is 0 Å². The predicted octanol–water partition coefficient (Wildman–Crippen LogP) is 1.86. The Kier molecular flexibility index (Phi) is 5.16. The molecule has 4 nitrogen and oxygen atoms in total. The molecule has 0 fully saturated rings. The Morgan fingerprint density at radius 3 is 2.56 bits per heavy atom. The van der Waals surface area contributed by atoms with Gasteiger partial charge in [-0.2, -0.15) is 0 Å². The molecular formula is C14H22N2O2. The molecule has 0 saturated carbocycles. The van der Waals surface area contributed by atoms with Crippen LogP contribution >= 0.6 is 0 Å². The highest BCUT2D eigenvalue weighted by atomic mass is 16.5. The molecule has 0 aliphatic rings. The van der Waals surface area contributed by atoms with Gasteiger partial charge in [0, 0.05) is 0 Å². The molecule has 0 bridgehead atoms. The van der Waals surface area contributed by atoms with Crippen LogP contribution in [0.3, 0.4) is 0 Å². The SMILES string of the molecule is COc1cccc([C@H](C)NC(=O)[C@@H](N)C(C)C)c1. The van der Waals surface area contributed by atoms with Crippen LogP contribution in [0.15, 0.2) is 24.3 Å². The van der Waals surface area contributed by atoms with Crippen LogP contribution in [-0.2, 0) is 4.79 Å². The number of benzene rings is 1. The van der Waals surface area contributed by atoms with Crippen LogP contribution in [0.5, 0.6) is 5.75 Å². The Balaban J connectivity index is 2.70. The van der Waals surface area contributed by atoms with E-state index in [9.17, 15) is 4.79 Å². The molecule has 0 aliphatic carbocycles. The summed E-state index contributed by atoms with van der Waals surface area (Å²) in [6.07, 6.45) is 0. The maximum Gasteiger partial charge on any atom is 0.237 e. The Hall–Kier alpha value is -1.55. The van der Waals surface area contributed by atoms with E-state index >= 15 is 0 Å². The fourth-order valence-electron chi connectivity index (χ4n) is 1.61. The zero-order valence-electron chi connectivity index (χ0n) is 11.4. The summed E-state index contributed by atoms with van der Waals surface area (Å²) in [5.74, 6) is 0.782. The summed E-state index contributed by atoms with van der Waals surface area (Å²) >= 11 is 0. The van der Waals surface area contributed by atoms with Crippen molar-refractivity contribution in [3.05, 3.63) is 29.8 Å². The van der Waals surface area contributed by atoms with Gasteiger partial charge >= 0.3 is 0 Å². The highest BCUT2D eigenvalue weighted by molar-refractivity contribution is 5.82. The molecule has 0 unspecified atom stereocenters. The van der Waals surface area contributed by atoms with E-state index in [0.717, 1.165) is 11.3 Å². The fourth-order valence-corrected chi connectivity index (χ4v) is 1.61. The van der Waals surface area contributed by atoms with Crippen molar-refractivity contribution in [2.75, 3.05) is 7.11 Å². The van der Waals surface area contributed by atoms with Gasteiger partial charge < -0.3 is 15.8 Å². The van der Waals surface area contributed by atoms with E-state index in [-0.39, 0.29) is 17.9 Å². The number of methoxy groups -OCH3 is 1. The Morgan fingerprint density at radius 2 is 2.00 bits per heavy atom. The van der Waals surface area contributed by atoms with Gasteiger partial charge in [0.1, 0.15) is 5.75 Å². The lowest BCUT2D eigenvalue weighted by Crippen LogP contribution is -2.44. The molecule has 18 heavy (non-hydrogen) atoms. The van der Waals surface area contributed by atoms with Gasteiger partial charge in [0.2, 0.25) is 5.91 Å². The van der Waals surface area contributed by atoms with Crippen LogP contribution in [0.25, 0.3) is 0 Å². The van der Waals surface area contributed by atoms with Crippen LogP contribution in [0.4, 0.5) is 0 Å². The van der Waals surface area contributed by atoms with Crippen molar-refractivity contribution >= 4 is 5.91 Å². The first-order valence-electron chi connectivity index (χ1n) is 6.15. The molecule has 0 aromatic heterocycles. The van der Waals surface area contributed by atoms with Gasteiger partial charge in [0.15, 0.2) is 0 Å². The Labute approximate surface area is 109 Å². The number of nitrogens with one attached hydrogen (secondary N) is 1. The monoisotopic (exact) mass is 250 g/mol. The van der Waals surface area contributed by atoms with E-state index in [0.29, 0.717) is 0 Å². The van der Waals surface area contributed by atoms with Gasteiger partial charge in [0.05, 0.1) is 19.2 Å². The number of carbonyl (C=O) groups excluding carboxylic acids is 1. The summed E-state index contributed by atoms with van der Waals surface area (Å²) in [6, 6.07) is 7.08. The average Bonchev–Trinajstić information content (AvgIpc) is 2.37. The third-order valence-electron chi connectivity index (χ3n) is 2.97. The molecule has 0 heterocycles. The topological polar surface area (TPSA) is 64.3 Å². The Bertz CT molecular complexity index is 405. The summed E-state index contributed by atoms with van der Waals surface area (Å²) in [7, 11) is 1.62. The Morgan fingerprint density at radius 1 is 1.33 bits per heavy atom. The summed E-state index contributed by atoms with van der Waals surface area (Å²) in [5.41, 5.74) is 6.80. The van der Waals surface area contributed by atoms with Gasteiger partial charge in [-0.25, -0.2) is 0 Å². The fraction of sp³-hybridized carbons (Fsp3) is 0.500. The highest BCUT2D eigenvalue weighted by Gasteiger charge is 2.19. The van der Waals surface area contributed by atoms with Crippen molar-refractivity contribution in [2.45, 2.75) is 32.9 Å². The minimum Gasteiger partial charge on any atom is -0.497 e. The lowest BCUT2D eigenvalue weighted by molar-refractivity contribution is -0.123. The minimum atomic E-state index is -0.474. The quantitative estimate of drug-likeness (QED) is 0.838. The molecule has 1 aromatic rings. The minimum absolute atomic E-state index is 0.0857. The van der Waals surface area contributed by atoms with Gasteiger partial charge in [-0.1, -0.05) is 26.0 Å². The second-order valence-electron chi connectivity index (χ2n) is 4.78. The number of carbonyl (C=O) groups is 1. The van der Waals surface area contributed by atoms with Crippen molar-refractivity contribution in [1.29, 1.82) is 0 Å². The first-order valence-corrected chi connectivity index (χ1v) is 6.15. The van der Waals surface area contributed by atoms with E-state index in [2.05, 4.69) is 5.32 Å². The number of rotatable bonds is 5. The molecule has 1 rings (SSSR count).